The Bertz CT molecular complexity index is 950. The molecule has 144 valence electrons. The summed E-state index contributed by atoms with van der Waals surface area (Å²) in [5, 5.41) is 2.53. The highest BCUT2D eigenvalue weighted by atomic mass is 32.2. The zero-order valence-electron chi connectivity index (χ0n) is 15.7. The van der Waals surface area contributed by atoms with Crippen LogP contribution in [0.3, 0.4) is 0 Å². The molecule has 0 heterocycles. The average molecular weight is 394 g/mol. The van der Waals surface area contributed by atoms with Crippen LogP contribution in [0.4, 0.5) is 0 Å². The van der Waals surface area contributed by atoms with Crippen molar-refractivity contribution in [2.45, 2.75) is 17.7 Å². The van der Waals surface area contributed by atoms with Crippen molar-refractivity contribution >= 4 is 34.3 Å². The van der Waals surface area contributed by atoms with Crippen LogP contribution in [0.1, 0.15) is 23.2 Å². The standard InChI is InChI=1S/C23H22O4S/c1-26-23(25)22(24)18-8-11-20(12-9-18)27-14-4-5-15-28-21-13-10-17-6-2-3-7-19(17)16-21/h2-3,6-13,16H,4-5,14-15H2,1H3. The van der Waals surface area contributed by atoms with E-state index in [-0.39, 0.29) is 0 Å². The number of hydrogen-bond acceptors (Lipinski definition) is 5. The summed E-state index contributed by atoms with van der Waals surface area (Å²) in [6.07, 6.45) is 2.00. The summed E-state index contributed by atoms with van der Waals surface area (Å²) >= 11 is 1.85. The van der Waals surface area contributed by atoms with Gasteiger partial charge in [0.1, 0.15) is 5.75 Å². The molecule has 5 heteroatoms. The van der Waals surface area contributed by atoms with E-state index in [1.165, 1.54) is 22.8 Å². The molecule has 0 radical (unpaired) electrons. The number of carbonyl (C=O) groups is 2. The molecule has 0 aromatic heterocycles. The fraction of sp³-hybridized carbons (Fsp3) is 0.217. The lowest BCUT2D eigenvalue weighted by molar-refractivity contribution is -0.135. The van der Waals surface area contributed by atoms with Gasteiger partial charge in [-0.3, -0.25) is 4.79 Å². The Balaban J connectivity index is 1.37. The summed E-state index contributed by atoms with van der Waals surface area (Å²) in [7, 11) is 1.19. The van der Waals surface area contributed by atoms with E-state index in [0.717, 1.165) is 18.6 Å². The number of fused-ring (bicyclic) bond motifs is 1. The van der Waals surface area contributed by atoms with Crippen molar-refractivity contribution in [2.75, 3.05) is 19.5 Å². The number of hydrogen-bond donors (Lipinski definition) is 0. The van der Waals surface area contributed by atoms with Gasteiger partial charge in [-0.25, -0.2) is 4.79 Å². The SMILES string of the molecule is COC(=O)C(=O)c1ccc(OCCCCSc2ccc3ccccc3c2)cc1. The maximum Gasteiger partial charge on any atom is 0.379 e. The number of esters is 1. The van der Waals surface area contributed by atoms with Gasteiger partial charge < -0.3 is 9.47 Å². The molecule has 0 unspecified atom stereocenters. The highest BCUT2D eigenvalue weighted by Gasteiger charge is 2.16. The first kappa shape index (κ1) is 20.0. The summed E-state index contributed by atoms with van der Waals surface area (Å²) in [4.78, 5) is 24.2. The van der Waals surface area contributed by atoms with Crippen LogP contribution in [0.25, 0.3) is 10.8 Å². The first-order valence-electron chi connectivity index (χ1n) is 9.14. The predicted octanol–water partition coefficient (Wildman–Crippen LogP) is 5.15. The third kappa shape index (κ3) is 5.36. The van der Waals surface area contributed by atoms with Crippen LogP contribution >= 0.6 is 11.8 Å². The third-order valence-electron chi connectivity index (χ3n) is 4.28. The maximum absolute atomic E-state index is 11.7. The van der Waals surface area contributed by atoms with E-state index < -0.39 is 11.8 Å². The normalized spacial score (nSPS) is 10.6. The fourth-order valence-electron chi connectivity index (χ4n) is 2.75. The molecule has 3 aromatic carbocycles. The maximum atomic E-state index is 11.7. The molecule has 0 saturated carbocycles. The number of benzene rings is 3. The van der Waals surface area contributed by atoms with Crippen LogP contribution in [0, 0.1) is 0 Å². The Labute approximate surface area is 168 Å². The molecule has 0 spiro atoms. The molecule has 0 aliphatic heterocycles. The summed E-state index contributed by atoms with van der Waals surface area (Å²) in [5.74, 6) is 0.204. The summed E-state index contributed by atoms with van der Waals surface area (Å²) < 4.78 is 10.1. The minimum atomic E-state index is -0.863. The molecular weight excluding hydrogens is 372 g/mol. The van der Waals surface area contributed by atoms with Crippen molar-refractivity contribution in [3.63, 3.8) is 0 Å². The highest BCUT2D eigenvalue weighted by molar-refractivity contribution is 7.99. The molecule has 0 atom stereocenters. The summed E-state index contributed by atoms with van der Waals surface area (Å²) in [6, 6.07) is 21.5. The van der Waals surface area contributed by atoms with Gasteiger partial charge in [-0.2, -0.15) is 0 Å². The van der Waals surface area contributed by atoms with E-state index >= 15 is 0 Å². The smallest absolute Gasteiger partial charge is 0.379 e. The Morgan fingerprint density at radius 3 is 2.39 bits per heavy atom. The molecule has 28 heavy (non-hydrogen) atoms. The van der Waals surface area contributed by atoms with Gasteiger partial charge in [0.2, 0.25) is 0 Å². The Hall–Kier alpha value is -2.79. The van der Waals surface area contributed by atoms with Gasteiger partial charge in [-0.1, -0.05) is 30.3 Å². The quantitative estimate of drug-likeness (QED) is 0.165. The number of ether oxygens (including phenoxy) is 2. The lowest BCUT2D eigenvalue weighted by atomic mass is 10.1. The van der Waals surface area contributed by atoms with E-state index in [9.17, 15) is 9.59 Å². The van der Waals surface area contributed by atoms with E-state index in [0.29, 0.717) is 17.9 Å². The van der Waals surface area contributed by atoms with Gasteiger partial charge in [0.25, 0.3) is 5.78 Å². The molecule has 4 nitrogen and oxygen atoms in total. The molecular formula is C23H22O4S. The molecule has 0 saturated heterocycles. The largest absolute Gasteiger partial charge is 0.494 e. The van der Waals surface area contributed by atoms with Gasteiger partial charge in [-0.15, -0.1) is 11.8 Å². The number of unbranched alkanes of at least 4 members (excludes halogenated alkanes) is 1. The summed E-state index contributed by atoms with van der Waals surface area (Å²) in [5.41, 5.74) is 0.297. The van der Waals surface area contributed by atoms with Crippen LogP contribution in [0.2, 0.25) is 0 Å². The van der Waals surface area contributed by atoms with Crippen LogP contribution in [0.5, 0.6) is 5.75 Å². The lowest BCUT2D eigenvalue weighted by Gasteiger charge is -2.07. The van der Waals surface area contributed by atoms with Gasteiger partial charge >= 0.3 is 5.97 Å². The van der Waals surface area contributed by atoms with Crippen LogP contribution < -0.4 is 4.74 Å². The zero-order chi connectivity index (χ0) is 19.8. The first-order valence-corrected chi connectivity index (χ1v) is 10.1. The number of rotatable bonds is 9. The first-order chi connectivity index (χ1) is 13.7. The Morgan fingerprint density at radius 1 is 0.893 bits per heavy atom. The van der Waals surface area contributed by atoms with Crippen molar-refractivity contribution < 1.29 is 19.1 Å². The number of Topliss-reactive ketones (excluding diaryl/α,β-unsaturated/α-hetero) is 1. The second kappa shape index (κ2) is 9.95. The van der Waals surface area contributed by atoms with Gasteiger partial charge in [-0.05, 0) is 65.8 Å². The second-order valence-electron chi connectivity index (χ2n) is 6.26. The van der Waals surface area contributed by atoms with Gasteiger partial charge in [0.15, 0.2) is 0 Å². The fourth-order valence-corrected chi connectivity index (χ4v) is 3.71. The molecule has 0 bridgehead atoms. The van der Waals surface area contributed by atoms with Crippen LogP contribution in [-0.4, -0.2) is 31.2 Å². The van der Waals surface area contributed by atoms with Crippen molar-refractivity contribution in [3.05, 3.63) is 72.3 Å². The van der Waals surface area contributed by atoms with Crippen LogP contribution in [-0.2, 0) is 9.53 Å². The van der Waals surface area contributed by atoms with E-state index in [2.05, 4.69) is 47.2 Å². The number of carbonyl (C=O) groups excluding carboxylic acids is 2. The molecule has 3 rings (SSSR count). The highest BCUT2D eigenvalue weighted by Crippen LogP contribution is 2.24. The van der Waals surface area contributed by atoms with Gasteiger partial charge in [0, 0.05) is 10.5 Å². The topological polar surface area (TPSA) is 52.6 Å². The van der Waals surface area contributed by atoms with Crippen molar-refractivity contribution in [1.29, 1.82) is 0 Å². The molecule has 0 aliphatic rings. The summed E-state index contributed by atoms with van der Waals surface area (Å²) in [6.45, 7) is 0.614. The van der Waals surface area contributed by atoms with Crippen LogP contribution in [0.15, 0.2) is 71.6 Å². The van der Waals surface area contributed by atoms with E-state index in [1.807, 2.05) is 11.8 Å². The molecule has 0 amide bonds. The molecule has 3 aromatic rings. The van der Waals surface area contributed by atoms with E-state index in [1.54, 1.807) is 24.3 Å². The second-order valence-corrected chi connectivity index (χ2v) is 7.43. The number of ketones is 1. The van der Waals surface area contributed by atoms with Crippen molar-refractivity contribution in [3.8, 4) is 5.75 Å². The monoisotopic (exact) mass is 394 g/mol. The minimum Gasteiger partial charge on any atom is -0.494 e. The van der Waals surface area contributed by atoms with E-state index in [4.69, 9.17) is 4.74 Å². The Morgan fingerprint density at radius 2 is 1.64 bits per heavy atom. The number of thioether (sulfide) groups is 1. The van der Waals surface area contributed by atoms with Crippen molar-refractivity contribution in [2.24, 2.45) is 0 Å². The number of methoxy groups -OCH3 is 1. The molecule has 0 N–H and O–H groups in total. The minimum absolute atomic E-state index is 0.297. The lowest BCUT2D eigenvalue weighted by Crippen LogP contribution is -2.15. The van der Waals surface area contributed by atoms with Gasteiger partial charge in [0.05, 0.1) is 13.7 Å². The predicted molar refractivity (Wildman–Crippen MR) is 112 cm³/mol. The average Bonchev–Trinajstić information content (AvgIpc) is 2.75. The molecule has 0 fully saturated rings. The zero-order valence-corrected chi connectivity index (χ0v) is 16.5. The molecule has 0 aliphatic carbocycles. The Kier molecular flexibility index (Phi) is 7.09. The third-order valence-corrected chi connectivity index (χ3v) is 5.36. The van der Waals surface area contributed by atoms with Crippen molar-refractivity contribution in [1.82, 2.24) is 0 Å².